The van der Waals surface area contributed by atoms with Crippen LogP contribution < -0.4 is 10.6 Å². The number of benzene rings is 1. The van der Waals surface area contributed by atoms with E-state index in [-0.39, 0.29) is 5.91 Å². The summed E-state index contributed by atoms with van der Waals surface area (Å²) in [6.45, 7) is 2.00. The van der Waals surface area contributed by atoms with Crippen LogP contribution in [0.3, 0.4) is 0 Å². The zero-order valence-corrected chi connectivity index (χ0v) is 14.6. The Morgan fingerprint density at radius 1 is 1.26 bits per heavy atom. The number of aryl methyl sites for hydroxylation is 1. The SMILES string of the molecule is Cc1ccc(NC(=O)c2ccnc(NC3CCCC3)n2)c(Br)c1. The van der Waals surface area contributed by atoms with E-state index in [1.54, 1.807) is 12.3 Å². The number of anilines is 2. The number of nitrogens with zero attached hydrogens (tertiary/aromatic N) is 2. The van der Waals surface area contributed by atoms with Gasteiger partial charge < -0.3 is 10.6 Å². The first-order valence-electron chi connectivity index (χ1n) is 7.79. The Morgan fingerprint density at radius 3 is 2.78 bits per heavy atom. The fraction of sp³-hybridized carbons (Fsp3) is 0.353. The Balaban J connectivity index is 1.71. The van der Waals surface area contributed by atoms with Crippen molar-refractivity contribution in [1.82, 2.24) is 9.97 Å². The van der Waals surface area contributed by atoms with Crippen molar-refractivity contribution < 1.29 is 4.79 Å². The molecule has 0 unspecified atom stereocenters. The predicted octanol–water partition coefficient (Wildman–Crippen LogP) is 4.15. The number of amides is 1. The maximum Gasteiger partial charge on any atom is 0.274 e. The van der Waals surface area contributed by atoms with E-state index in [9.17, 15) is 4.79 Å². The maximum absolute atomic E-state index is 12.4. The lowest BCUT2D eigenvalue weighted by Crippen LogP contribution is -2.19. The monoisotopic (exact) mass is 374 g/mol. The van der Waals surface area contributed by atoms with Crippen molar-refractivity contribution in [1.29, 1.82) is 0 Å². The molecule has 1 aromatic heterocycles. The third-order valence-electron chi connectivity index (χ3n) is 3.95. The fourth-order valence-corrected chi connectivity index (χ4v) is 3.31. The summed E-state index contributed by atoms with van der Waals surface area (Å²) in [5.74, 6) is 0.277. The highest BCUT2D eigenvalue weighted by atomic mass is 79.9. The van der Waals surface area contributed by atoms with Crippen LogP contribution in [-0.4, -0.2) is 21.9 Å². The first kappa shape index (κ1) is 15.9. The zero-order valence-electron chi connectivity index (χ0n) is 13.0. The standard InChI is InChI=1S/C17H19BrN4O/c1-11-6-7-14(13(18)10-11)21-16(23)15-8-9-19-17(22-15)20-12-4-2-3-5-12/h6-10,12H,2-5H2,1H3,(H,21,23)(H,19,20,22). The molecule has 1 saturated carbocycles. The summed E-state index contributed by atoms with van der Waals surface area (Å²) in [6, 6.07) is 7.82. The van der Waals surface area contributed by atoms with Crippen molar-refractivity contribution in [2.45, 2.75) is 38.6 Å². The van der Waals surface area contributed by atoms with E-state index in [4.69, 9.17) is 0 Å². The molecule has 2 N–H and O–H groups in total. The van der Waals surface area contributed by atoms with Crippen LogP contribution >= 0.6 is 15.9 Å². The van der Waals surface area contributed by atoms with Gasteiger partial charge in [0.1, 0.15) is 5.69 Å². The summed E-state index contributed by atoms with van der Waals surface area (Å²) in [6.07, 6.45) is 6.36. The van der Waals surface area contributed by atoms with Gasteiger partial charge in [-0.2, -0.15) is 0 Å². The van der Waals surface area contributed by atoms with Crippen LogP contribution in [0.5, 0.6) is 0 Å². The lowest BCUT2D eigenvalue weighted by molar-refractivity contribution is 0.102. The van der Waals surface area contributed by atoms with Gasteiger partial charge in [0.15, 0.2) is 0 Å². The molecule has 0 saturated heterocycles. The van der Waals surface area contributed by atoms with Gasteiger partial charge in [0.2, 0.25) is 5.95 Å². The first-order chi connectivity index (χ1) is 11.1. The second-order valence-electron chi connectivity index (χ2n) is 5.83. The molecule has 5 nitrogen and oxygen atoms in total. The smallest absolute Gasteiger partial charge is 0.274 e. The minimum Gasteiger partial charge on any atom is -0.351 e. The van der Waals surface area contributed by atoms with Gasteiger partial charge in [-0.05, 0) is 59.5 Å². The van der Waals surface area contributed by atoms with Crippen molar-refractivity contribution in [3.63, 3.8) is 0 Å². The molecule has 120 valence electrons. The van der Waals surface area contributed by atoms with Gasteiger partial charge in [-0.15, -0.1) is 0 Å². The summed E-state index contributed by atoms with van der Waals surface area (Å²) in [5, 5.41) is 6.18. The minimum absolute atomic E-state index is 0.244. The highest BCUT2D eigenvalue weighted by molar-refractivity contribution is 9.10. The Labute approximate surface area is 144 Å². The summed E-state index contributed by atoms with van der Waals surface area (Å²) in [5.41, 5.74) is 2.21. The van der Waals surface area contributed by atoms with E-state index in [2.05, 4.69) is 36.5 Å². The van der Waals surface area contributed by atoms with E-state index in [0.717, 1.165) is 28.6 Å². The lowest BCUT2D eigenvalue weighted by atomic mass is 10.2. The first-order valence-corrected chi connectivity index (χ1v) is 8.58. The molecule has 1 aliphatic rings. The van der Waals surface area contributed by atoms with E-state index >= 15 is 0 Å². The molecule has 0 spiro atoms. The molecule has 0 atom stereocenters. The number of hydrogen-bond donors (Lipinski definition) is 2. The Kier molecular flexibility index (Phi) is 4.91. The molecule has 0 bridgehead atoms. The van der Waals surface area contributed by atoms with Crippen molar-refractivity contribution in [3.05, 3.63) is 46.2 Å². The van der Waals surface area contributed by atoms with E-state index < -0.39 is 0 Å². The Bertz CT molecular complexity index is 713. The molecule has 0 radical (unpaired) electrons. The third-order valence-corrected chi connectivity index (χ3v) is 4.61. The van der Waals surface area contributed by atoms with Gasteiger partial charge in [-0.3, -0.25) is 4.79 Å². The average molecular weight is 375 g/mol. The second-order valence-corrected chi connectivity index (χ2v) is 6.68. The number of halogens is 1. The number of carbonyl (C=O) groups is 1. The molecule has 1 fully saturated rings. The van der Waals surface area contributed by atoms with Crippen LogP contribution in [0.25, 0.3) is 0 Å². The zero-order chi connectivity index (χ0) is 16.2. The van der Waals surface area contributed by atoms with Crippen molar-refractivity contribution >= 4 is 33.5 Å². The van der Waals surface area contributed by atoms with E-state index in [1.807, 2.05) is 25.1 Å². The number of hydrogen-bond acceptors (Lipinski definition) is 4. The number of nitrogens with one attached hydrogen (secondary N) is 2. The minimum atomic E-state index is -0.244. The predicted molar refractivity (Wildman–Crippen MR) is 94.7 cm³/mol. The molecule has 1 amide bonds. The average Bonchev–Trinajstić information content (AvgIpc) is 3.03. The van der Waals surface area contributed by atoms with Crippen LogP contribution in [0.15, 0.2) is 34.9 Å². The largest absolute Gasteiger partial charge is 0.351 e. The maximum atomic E-state index is 12.4. The highest BCUT2D eigenvalue weighted by Gasteiger charge is 2.17. The van der Waals surface area contributed by atoms with Gasteiger partial charge in [0.05, 0.1) is 5.69 Å². The van der Waals surface area contributed by atoms with Gasteiger partial charge in [0, 0.05) is 16.7 Å². The van der Waals surface area contributed by atoms with E-state index in [1.165, 1.54) is 12.8 Å². The molecule has 23 heavy (non-hydrogen) atoms. The summed E-state index contributed by atoms with van der Waals surface area (Å²) in [7, 11) is 0. The Hall–Kier alpha value is -1.95. The summed E-state index contributed by atoms with van der Waals surface area (Å²) < 4.78 is 0.851. The van der Waals surface area contributed by atoms with Gasteiger partial charge >= 0.3 is 0 Å². The number of rotatable bonds is 4. The summed E-state index contributed by atoms with van der Waals surface area (Å²) >= 11 is 3.46. The fourth-order valence-electron chi connectivity index (χ4n) is 2.72. The molecule has 1 heterocycles. The molecule has 1 aliphatic carbocycles. The molecule has 2 aromatic rings. The molecular weight excluding hydrogens is 356 g/mol. The van der Waals surface area contributed by atoms with E-state index in [0.29, 0.717) is 17.7 Å². The van der Waals surface area contributed by atoms with Crippen LogP contribution in [0, 0.1) is 6.92 Å². The highest BCUT2D eigenvalue weighted by Crippen LogP contribution is 2.24. The van der Waals surface area contributed by atoms with Crippen molar-refractivity contribution in [2.24, 2.45) is 0 Å². The molecular formula is C17H19BrN4O. The lowest BCUT2D eigenvalue weighted by Gasteiger charge is -2.12. The third kappa shape index (κ3) is 4.07. The van der Waals surface area contributed by atoms with Gasteiger partial charge in [-0.25, -0.2) is 9.97 Å². The molecule has 1 aromatic carbocycles. The van der Waals surface area contributed by atoms with Gasteiger partial charge in [0.25, 0.3) is 5.91 Å². The van der Waals surface area contributed by atoms with Crippen LogP contribution in [0.1, 0.15) is 41.7 Å². The molecule has 6 heteroatoms. The van der Waals surface area contributed by atoms with Crippen LogP contribution in [0.2, 0.25) is 0 Å². The molecule has 0 aliphatic heterocycles. The van der Waals surface area contributed by atoms with Crippen molar-refractivity contribution in [2.75, 3.05) is 10.6 Å². The number of aromatic nitrogens is 2. The van der Waals surface area contributed by atoms with Gasteiger partial charge in [-0.1, -0.05) is 18.9 Å². The van der Waals surface area contributed by atoms with Crippen molar-refractivity contribution in [3.8, 4) is 0 Å². The van der Waals surface area contributed by atoms with Crippen LogP contribution in [-0.2, 0) is 0 Å². The number of carbonyl (C=O) groups excluding carboxylic acids is 1. The molecule has 3 rings (SSSR count). The second kappa shape index (κ2) is 7.08. The normalized spacial score (nSPS) is 14.7. The topological polar surface area (TPSA) is 66.9 Å². The quantitative estimate of drug-likeness (QED) is 0.843. The summed E-state index contributed by atoms with van der Waals surface area (Å²) in [4.78, 5) is 20.9. The van der Waals surface area contributed by atoms with Crippen LogP contribution in [0.4, 0.5) is 11.6 Å². The Morgan fingerprint density at radius 2 is 2.04 bits per heavy atom.